The van der Waals surface area contributed by atoms with Crippen molar-refractivity contribution in [3.05, 3.63) is 60.7 Å². The summed E-state index contributed by atoms with van der Waals surface area (Å²) in [5.74, 6) is 2.26. The molecule has 3 saturated heterocycles. The molecule has 3 aliphatic heterocycles. The van der Waals surface area contributed by atoms with Gasteiger partial charge < -0.3 is 19.5 Å². The molecule has 8 heterocycles. The SMILES string of the molecule is COc1ccc(CN2C3CC2CN(c2ccc(-c4cc(OCCO)cn5nc6[nH]ncc6c45)cn2)C3)cn1. The number of ether oxygens (including phenoxy) is 2. The molecule has 0 aliphatic carbocycles. The average molecular weight is 513 g/mol. The fourth-order valence-corrected chi connectivity index (χ4v) is 5.70. The third-order valence-corrected chi connectivity index (χ3v) is 7.56. The highest BCUT2D eigenvalue weighted by Gasteiger charge is 2.44. The number of aliphatic hydroxyl groups excluding tert-OH is 1. The lowest BCUT2D eigenvalue weighted by molar-refractivity contribution is -0.00876. The Bertz CT molecular complexity index is 1570. The van der Waals surface area contributed by atoms with E-state index in [-0.39, 0.29) is 13.2 Å². The van der Waals surface area contributed by atoms with Gasteiger partial charge in [-0.25, -0.2) is 14.5 Å². The maximum absolute atomic E-state index is 9.21. The molecule has 2 atom stereocenters. The summed E-state index contributed by atoms with van der Waals surface area (Å²) >= 11 is 0. The number of pyridine rings is 3. The largest absolute Gasteiger partial charge is 0.490 e. The molecule has 0 radical (unpaired) electrons. The van der Waals surface area contributed by atoms with Crippen LogP contribution in [0, 0.1) is 0 Å². The lowest BCUT2D eigenvalue weighted by Crippen LogP contribution is -2.68. The molecule has 0 spiro atoms. The van der Waals surface area contributed by atoms with Crippen LogP contribution in [0.15, 0.2) is 55.1 Å². The van der Waals surface area contributed by atoms with Crippen molar-refractivity contribution in [3.8, 4) is 22.8 Å². The fraction of sp³-hybridized carbons (Fsp3) is 0.333. The maximum Gasteiger partial charge on any atom is 0.212 e. The summed E-state index contributed by atoms with van der Waals surface area (Å²) in [6.45, 7) is 2.98. The topological polar surface area (TPSA) is 117 Å². The standard InChI is InChI=1S/C27H28N8O3/c1-37-25-5-2-17(10-29-25)13-34-19-8-20(34)15-33(14-19)24-4-3-18(11-28-24)22-9-21(38-7-6-36)16-35-26(22)23-12-30-31-27(23)32-35/h2-5,9-12,16,19-20,36H,6-8,13-15H2,1H3,(H,31,32). The van der Waals surface area contributed by atoms with Gasteiger partial charge in [0.2, 0.25) is 5.88 Å². The molecule has 3 fully saturated rings. The molecule has 38 heavy (non-hydrogen) atoms. The molecule has 11 nitrogen and oxygen atoms in total. The van der Waals surface area contributed by atoms with Crippen LogP contribution in [-0.2, 0) is 6.54 Å². The van der Waals surface area contributed by atoms with E-state index in [1.807, 2.05) is 30.7 Å². The number of hydrogen-bond donors (Lipinski definition) is 2. The molecular formula is C27H28N8O3. The van der Waals surface area contributed by atoms with Gasteiger partial charge in [-0.3, -0.25) is 10.00 Å². The summed E-state index contributed by atoms with van der Waals surface area (Å²) in [6.07, 6.45) is 8.64. The van der Waals surface area contributed by atoms with Gasteiger partial charge in [-0.05, 0) is 30.2 Å². The Morgan fingerprint density at radius 3 is 2.71 bits per heavy atom. The number of rotatable bonds is 8. The van der Waals surface area contributed by atoms with Crippen molar-refractivity contribution in [1.29, 1.82) is 0 Å². The summed E-state index contributed by atoms with van der Waals surface area (Å²) in [4.78, 5) is 14.2. The number of anilines is 1. The monoisotopic (exact) mass is 512 g/mol. The molecule has 8 rings (SSSR count). The van der Waals surface area contributed by atoms with Crippen LogP contribution < -0.4 is 14.4 Å². The van der Waals surface area contributed by atoms with Crippen molar-refractivity contribution in [2.24, 2.45) is 0 Å². The zero-order valence-corrected chi connectivity index (χ0v) is 21.0. The Balaban J connectivity index is 1.11. The number of fused-ring (bicyclic) bond motifs is 5. The van der Waals surface area contributed by atoms with E-state index < -0.39 is 0 Å². The van der Waals surface area contributed by atoms with Crippen LogP contribution in [0.3, 0.4) is 0 Å². The van der Waals surface area contributed by atoms with Gasteiger partial charge >= 0.3 is 0 Å². The second-order valence-corrected chi connectivity index (χ2v) is 9.82. The van der Waals surface area contributed by atoms with Gasteiger partial charge in [-0.15, -0.1) is 5.10 Å². The Morgan fingerprint density at radius 2 is 1.97 bits per heavy atom. The molecule has 0 saturated carbocycles. The van der Waals surface area contributed by atoms with Crippen molar-refractivity contribution < 1.29 is 14.6 Å². The summed E-state index contributed by atoms with van der Waals surface area (Å²) in [7, 11) is 1.64. The van der Waals surface area contributed by atoms with E-state index >= 15 is 0 Å². The second-order valence-electron chi connectivity index (χ2n) is 9.82. The lowest BCUT2D eigenvalue weighted by atomic mass is 9.87. The Morgan fingerprint density at radius 1 is 1.08 bits per heavy atom. The van der Waals surface area contributed by atoms with Crippen LogP contribution in [0.4, 0.5) is 5.82 Å². The van der Waals surface area contributed by atoms with E-state index in [1.165, 1.54) is 12.0 Å². The first-order valence-corrected chi connectivity index (χ1v) is 12.8. The number of methoxy groups -OCH3 is 1. The first kappa shape index (κ1) is 22.9. The van der Waals surface area contributed by atoms with E-state index in [9.17, 15) is 5.11 Å². The molecule has 194 valence electrons. The molecule has 0 aromatic carbocycles. The third kappa shape index (κ3) is 3.91. The van der Waals surface area contributed by atoms with Crippen LogP contribution in [0.2, 0.25) is 0 Å². The normalized spacial score (nSPS) is 19.2. The van der Waals surface area contributed by atoms with Crippen molar-refractivity contribution in [2.45, 2.75) is 25.0 Å². The molecular weight excluding hydrogens is 484 g/mol. The smallest absolute Gasteiger partial charge is 0.212 e. The quantitative estimate of drug-likeness (QED) is 0.323. The number of aromatic amines is 1. The number of aromatic nitrogens is 6. The van der Waals surface area contributed by atoms with Crippen molar-refractivity contribution in [3.63, 3.8) is 0 Å². The molecule has 3 aliphatic rings. The zero-order valence-electron chi connectivity index (χ0n) is 21.0. The summed E-state index contributed by atoms with van der Waals surface area (Å²) in [5.41, 5.74) is 4.76. The molecule has 5 aromatic heterocycles. The lowest BCUT2D eigenvalue weighted by Gasteiger charge is -2.56. The van der Waals surface area contributed by atoms with Crippen molar-refractivity contribution in [1.82, 2.24) is 34.7 Å². The minimum atomic E-state index is -0.0559. The van der Waals surface area contributed by atoms with E-state index in [0.717, 1.165) is 47.5 Å². The molecule has 0 amide bonds. The van der Waals surface area contributed by atoms with E-state index in [0.29, 0.717) is 29.4 Å². The van der Waals surface area contributed by atoms with Gasteiger partial charge in [0, 0.05) is 61.3 Å². The highest BCUT2D eigenvalue weighted by atomic mass is 16.5. The van der Waals surface area contributed by atoms with Gasteiger partial charge in [-0.2, -0.15) is 5.10 Å². The Hall–Kier alpha value is -4.22. The van der Waals surface area contributed by atoms with Crippen LogP contribution in [0.5, 0.6) is 11.6 Å². The number of nitrogens with zero attached hydrogens (tertiary/aromatic N) is 7. The first-order valence-electron chi connectivity index (χ1n) is 12.8. The molecule has 5 aromatic rings. The minimum Gasteiger partial charge on any atom is -0.490 e. The van der Waals surface area contributed by atoms with Gasteiger partial charge in [-0.1, -0.05) is 6.07 Å². The van der Waals surface area contributed by atoms with Crippen molar-refractivity contribution >= 4 is 22.4 Å². The second kappa shape index (κ2) is 9.26. The van der Waals surface area contributed by atoms with E-state index in [2.05, 4.69) is 48.3 Å². The number of piperidine rings is 1. The van der Waals surface area contributed by atoms with E-state index in [4.69, 9.17) is 14.5 Å². The number of H-pyrrole nitrogens is 1. The van der Waals surface area contributed by atoms with E-state index in [1.54, 1.807) is 17.8 Å². The van der Waals surface area contributed by atoms with Gasteiger partial charge in [0.1, 0.15) is 18.2 Å². The zero-order chi connectivity index (χ0) is 25.6. The number of nitrogens with one attached hydrogen (secondary N) is 1. The van der Waals surface area contributed by atoms with Gasteiger partial charge in [0.05, 0.1) is 37.0 Å². The third-order valence-electron chi connectivity index (χ3n) is 7.56. The Kier molecular flexibility index (Phi) is 5.59. The summed E-state index contributed by atoms with van der Waals surface area (Å²) in [6, 6.07) is 11.2. The highest BCUT2D eigenvalue weighted by molar-refractivity contribution is 6.00. The summed E-state index contributed by atoms with van der Waals surface area (Å²) < 4.78 is 12.7. The van der Waals surface area contributed by atoms with Crippen LogP contribution in [0.25, 0.3) is 27.7 Å². The number of piperazine rings is 1. The average Bonchev–Trinajstić information content (AvgIpc) is 3.56. The number of hydrogen-bond acceptors (Lipinski definition) is 9. The molecule has 11 heteroatoms. The summed E-state index contributed by atoms with van der Waals surface area (Å²) in [5, 5.41) is 21.8. The first-order chi connectivity index (χ1) is 18.7. The number of aliphatic hydroxyl groups is 1. The molecule has 2 unspecified atom stereocenters. The fourth-order valence-electron chi connectivity index (χ4n) is 5.70. The van der Waals surface area contributed by atoms with Crippen LogP contribution in [0.1, 0.15) is 12.0 Å². The maximum atomic E-state index is 9.21. The van der Waals surface area contributed by atoms with Crippen molar-refractivity contribution in [2.75, 3.05) is 38.3 Å². The molecule has 2 bridgehead atoms. The predicted octanol–water partition coefficient (Wildman–Crippen LogP) is 2.51. The molecule has 2 N–H and O–H groups in total. The highest BCUT2D eigenvalue weighted by Crippen LogP contribution is 2.37. The Labute approximate surface area is 218 Å². The van der Waals surface area contributed by atoms with Crippen LogP contribution >= 0.6 is 0 Å². The van der Waals surface area contributed by atoms with Gasteiger partial charge in [0.15, 0.2) is 5.65 Å². The predicted molar refractivity (Wildman–Crippen MR) is 141 cm³/mol. The van der Waals surface area contributed by atoms with Gasteiger partial charge in [0.25, 0.3) is 0 Å². The minimum absolute atomic E-state index is 0.0559. The van der Waals surface area contributed by atoms with Crippen LogP contribution in [-0.4, -0.2) is 85.3 Å².